The van der Waals surface area contributed by atoms with Gasteiger partial charge >= 0.3 is 0 Å². The lowest BCUT2D eigenvalue weighted by Crippen LogP contribution is -2.00. The smallest absolute Gasteiger partial charge is 0.156 e. The molecule has 5 rings (SSSR count). The molecule has 0 unspecified atom stereocenters. The maximum atomic E-state index is 11.9. The fourth-order valence-electron chi connectivity index (χ4n) is 3.93. The van der Waals surface area contributed by atoms with Crippen molar-refractivity contribution < 1.29 is 9.53 Å². The van der Waals surface area contributed by atoms with Gasteiger partial charge in [-0.2, -0.15) is 10.4 Å². The van der Waals surface area contributed by atoms with Gasteiger partial charge in [0, 0.05) is 36.1 Å². The predicted octanol–water partition coefficient (Wildman–Crippen LogP) is 4.93. The van der Waals surface area contributed by atoms with E-state index in [1.54, 1.807) is 12.3 Å². The van der Waals surface area contributed by atoms with E-state index in [-0.39, 0.29) is 0 Å². The first kappa shape index (κ1) is 21.8. The number of aryl methyl sites for hydroxylation is 1. The van der Waals surface area contributed by atoms with Gasteiger partial charge in [0.2, 0.25) is 0 Å². The number of nitrogens with zero attached hydrogens (tertiary/aromatic N) is 5. The number of hydrogen-bond acceptors (Lipinski definition) is 6. The predicted molar refractivity (Wildman–Crippen MR) is 127 cm³/mol. The van der Waals surface area contributed by atoms with Crippen molar-refractivity contribution in [1.29, 1.82) is 5.26 Å². The Morgan fingerprint density at radius 3 is 2.68 bits per heavy atom. The third kappa shape index (κ3) is 5.12. The summed E-state index contributed by atoms with van der Waals surface area (Å²) in [5.74, 6) is 2.33. The van der Waals surface area contributed by atoms with E-state index < -0.39 is 0 Å². The van der Waals surface area contributed by atoms with E-state index in [1.807, 2.05) is 59.1 Å². The second kappa shape index (κ2) is 9.84. The van der Waals surface area contributed by atoms with Gasteiger partial charge in [0.1, 0.15) is 29.9 Å². The van der Waals surface area contributed by atoms with Crippen LogP contribution in [0.5, 0.6) is 5.75 Å². The molecule has 0 aliphatic heterocycles. The number of benzene rings is 1. The highest BCUT2D eigenvalue weighted by Crippen LogP contribution is 2.31. The molecule has 1 aliphatic carbocycles. The van der Waals surface area contributed by atoms with E-state index in [9.17, 15) is 4.79 Å². The third-order valence-electron chi connectivity index (χ3n) is 6.00. The van der Waals surface area contributed by atoms with Crippen LogP contribution in [0, 0.1) is 17.2 Å². The Labute approximate surface area is 198 Å². The number of fused-ring (bicyclic) bond motifs is 1. The van der Waals surface area contributed by atoms with E-state index in [0.29, 0.717) is 30.4 Å². The minimum atomic E-state index is 0.348. The van der Waals surface area contributed by atoms with Crippen molar-refractivity contribution in [2.75, 3.05) is 0 Å². The van der Waals surface area contributed by atoms with E-state index in [0.717, 1.165) is 66.1 Å². The van der Waals surface area contributed by atoms with Gasteiger partial charge in [-0.25, -0.2) is 14.5 Å². The standard InChI is InChI=1S/C27H25N5O2/c28-16-22-13-8-19(17-29-22)18-34-23-14-11-20(12-15-23)24-4-3-7-27-30-26(31-32(24)27)6-2-1-5-25(33)21-9-10-21/h3-4,7-8,11-15,17,21H,1-2,5-6,9-10,18H2. The minimum absolute atomic E-state index is 0.348. The fraction of sp³-hybridized carbons (Fsp3) is 0.296. The van der Waals surface area contributed by atoms with Gasteiger partial charge in [-0.15, -0.1) is 0 Å². The molecule has 1 aliphatic rings. The number of ketones is 1. The number of carbonyl (C=O) groups excluding carboxylic acids is 1. The van der Waals surface area contributed by atoms with Gasteiger partial charge in [-0.1, -0.05) is 12.1 Å². The number of unbranched alkanes of at least 4 members (excludes halogenated alkanes) is 1. The number of pyridine rings is 2. The Morgan fingerprint density at radius 2 is 1.94 bits per heavy atom. The Bertz CT molecular complexity index is 1330. The number of Topliss-reactive ketones (excluding diaryl/α,β-unsaturated/α-hetero) is 1. The monoisotopic (exact) mass is 451 g/mol. The van der Waals surface area contributed by atoms with Crippen molar-refractivity contribution >= 4 is 11.4 Å². The third-order valence-corrected chi connectivity index (χ3v) is 6.00. The molecule has 0 atom stereocenters. The number of nitriles is 1. The van der Waals surface area contributed by atoms with Gasteiger partial charge in [-0.05, 0) is 68.1 Å². The summed E-state index contributed by atoms with van der Waals surface area (Å²) < 4.78 is 7.73. The molecule has 1 fully saturated rings. The van der Waals surface area contributed by atoms with Crippen LogP contribution in [0.1, 0.15) is 49.2 Å². The molecule has 0 radical (unpaired) electrons. The maximum absolute atomic E-state index is 11.9. The first-order valence-corrected chi connectivity index (χ1v) is 11.7. The van der Waals surface area contributed by atoms with Gasteiger partial charge in [-0.3, -0.25) is 4.79 Å². The van der Waals surface area contributed by atoms with Crippen molar-refractivity contribution in [1.82, 2.24) is 19.6 Å². The zero-order valence-corrected chi connectivity index (χ0v) is 18.9. The number of aromatic nitrogens is 4. The van der Waals surface area contributed by atoms with Crippen LogP contribution in [0.15, 0.2) is 60.8 Å². The van der Waals surface area contributed by atoms with Crippen molar-refractivity contribution in [3.8, 4) is 23.1 Å². The Balaban J connectivity index is 1.22. The highest BCUT2D eigenvalue weighted by atomic mass is 16.5. The summed E-state index contributed by atoms with van der Waals surface area (Å²) in [5, 5.41) is 13.6. The van der Waals surface area contributed by atoms with Crippen molar-refractivity contribution in [3.05, 3.63) is 77.9 Å². The lowest BCUT2D eigenvalue weighted by atomic mass is 10.1. The average Bonchev–Trinajstić information content (AvgIpc) is 3.65. The molecule has 1 saturated carbocycles. The van der Waals surface area contributed by atoms with Crippen molar-refractivity contribution in [2.24, 2.45) is 5.92 Å². The van der Waals surface area contributed by atoms with Crippen molar-refractivity contribution in [2.45, 2.75) is 45.1 Å². The van der Waals surface area contributed by atoms with Crippen LogP contribution in [-0.2, 0) is 17.8 Å². The maximum Gasteiger partial charge on any atom is 0.156 e. The number of hydrogen-bond donors (Lipinski definition) is 0. The van der Waals surface area contributed by atoms with Crippen LogP contribution in [0.3, 0.4) is 0 Å². The molecule has 1 aromatic carbocycles. The molecule has 170 valence electrons. The SMILES string of the molecule is N#Cc1ccc(COc2ccc(-c3cccc4nc(CCCCC(=O)C5CC5)nn34)cc2)cn1. The average molecular weight is 452 g/mol. The largest absolute Gasteiger partial charge is 0.489 e. The zero-order valence-electron chi connectivity index (χ0n) is 18.9. The summed E-state index contributed by atoms with van der Waals surface area (Å²) >= 11 is 0. The van der Waals surface area contributed by atoms with Crippen LogP contribution in [0.25, 0.3) is 16.9 Å². The molecule has 0 saturated heterocycles. The molecule has 0 spiro atoms. The Morgan fingerprint density at radius 1 is 1.09 bits per heavy atom. The number of rotatable bonds is 10. The van der Waals surface area contributed by atoms with Crippen LogP contribution in [0.2, 0.25) is 0 Å². The lowest BCUT2D eigenvalue weighted by Gasteiger charge is -2.08. The lowest BCUT2D eigenvalue weighted by molar-refractivity contribution is -0.120. The highest BCUT2D eigenvalue weighted by Gasteiger charge is 2.28. The molecule has 0 amide bonds. The summed E-state index contributed by atoms with van der Waals surface area (Å²) in [4.78, 5) is 20.6. The minimum Gasteiger partial charge on any atom is -0.489 e. The summed E-state index contributed by atoms with van der Waals surface area (Å²) in [6, 6.07) is 19.4. The molecule has 7 nitrogen and oxygen atoms in total. The molecule has 4 aromatic rings. The van der Waals surface area contributed by atoms with Gasteiger partial charge in [0.15, 0.2) is 11.5 Å². The first-order chi connectivity index (χ1) is 16.7. The van der Waals surface area contributed by atoms with Crippen LogP contribution >= 0.6 is 0 Å². The summed E-state index contributed by atoms with van der Waals surface area (Å²) in [6.45, 7) is 0.381. The second-order valence-electron chi connectivity index (χ2n) is 8.63. The topological polar surface area (TPSA) is 93.2 Å². The quantitative estimate of drug-likeness (QED) is 0.317. The summed E-state index contributed by atoms with van der Waals surface area (Å²) in [6.07, 6.45) is 7.09. The normalized spacial score (nSPS) is 13.0. The number of ether oxygens (including phenoxy) is 1. The summed E-state index contributed by atoms with van der Waals surface area (Å²) in [5.41, 5.74) is 4.09. The van der Waals surface area contributed by atoms with Crippen molar-refractivity contribution in [3.63, 3.8) is 0 Å². The van der Waals surface area contributed by atoms with E-state index in [2.05, 4.69) is 9.97 Å². The molecule has 7 heteroatoms. The molecule has 3 heterocycles. The molecule has 0 N–H and O–H groups in total. The molecule has 0 bridgehead atoms. The van der Waals surface area contributed by atoms with Gasteiger partial charge < -0.3 is 4.74 Å². The summed E-state index contributed by atoms with van der Waals surface area (Å²) in [7, 11) is 0. The highest BCUT2D eigenvalue weighted by molar-refractivity contribution is 5.83. The van der Waals surface area contributed by atoms with E-state index in [1.165, 1.54) is 0 Å². The van der Waals surface area contributed by atoms with Gasteiger partial charge in [0.05, 0.1) is 5.69 Å². The van der Waals surface area contributed by atoms with Crippen LogP contribution < -0.4 is 4.74 Å². The van der Waals surface area contributed by atoms with Crippen LogP contribution in [0.4, 0.5) is 0 Å². The molecule has 3 aromatic heterocycles. The molecular weight excluding hydrogens is 426 g/mol. The van der Waals surface area contributed by atoms with E-state index in [4.69, 9.17) is 15.1 Å². The Hall–Kier alpha value is -4.05. The molecular formula is C27H25N5O2. The fourth-order valence-corrected chi connectivity index (χ4v) is 3.93. The molecule has 34 heavy (non-hydrogen) atoms. The second-order valence-corrected chi connectivity index (χ2v) is 8.63. The zero-order chi connectivity index (χ0) is 23.3. The van der Waals surface area contributed by atoms with Gasteiger partial charge in [0.25, 0.3) is 0 Å². The number of carbonyl (C=O) groups is 1. The first-order valence-electron chi connectivity index (χ1n) is 11.7. The van der Waals surface area contributed by atoms with Crippen LogP contribution in [-0.4, -0.2) is 25.4 Å². The van der Waals surface area contributed by atoms with E-state index >= 15 is 0 Å². The Kier molecular flexibility index (Phi) is 6.30.